The Labute approximate surface area is 117 Å². The Hall–Kier alpha value is -2.30. The second kappa shape index (κ2) is 6.23. The summed E-state index contributed by atoms with van der Waals surface area (Å²) >= 11 is 0. The first-order valence-electron chi connectivity index (χ1n) is 6.38. The number of rotatable bonds is 4. The molecule has 20 heavy (non-hydrogen) atoms. The van der Waals surface area contributed by atoms with Crippen LogP contribution in [0.5, 0.6) is 5.75 Å². The van der Waals surface area contributed by atoms with Gasteiger partial charge in [0.25, 0.3) is 0 Å². The highest BCUT2D eigenvalue weighted by molar-refractivity contribution is 6.05. The van der Waals surface area contributed by atoms with E-state index in [2.05, 4.69) is 4.99 Å². The van der Waals surface area contributed by atoms with Crippen LogP contribution in [-0.2, 0) is 14.3 Å². The number of carbonyl (C=O) groups is 1. The van der Waals surface area contributed by atoms with Gasteiger partial charge in [0.1, 0.15) is 18.1 Å². The van der Waals surface area contributed by atoms with Crippen molar-refractivity contribution in [2.75, 3.05) is 20.3 Å². The average molecular weight is 275 g/mol. The minimum Gasteiger partial charge on any atom is -0.497 e. The minimum absolute atomic E-state index is 0.226. The van der Waals surface area contributed by atoms with Gasteiger partial charge in [-0.3, -0.25) is 0 Å². The minimum atomic E-state index is -0.462. The van der Waals surface area contributed by atoms with Crippen LogP contribution in [0.1, 0.15) is 19.4 Å². The Morgan fingerprint density at radius 3 is 2.65 bits per heavy atom. The Morgan fingerprint density at radius 1 is 1.35 bits per heavy atom. The largest absolute Gasteiger partial charge is 0.497 e. The van der Waals surface area contributed by atoms with Crippen LogP contribution in [0.3, 0.4) is 0 Å². The molecule has 0 N–H and O–H groups in total. The lowest BCUT2D eigenvalue weighted by atomic mass is 10.1. The maximum absolute atomic E-state index is 11.8. The van der Waals surface area contributed by atoms with E-state index >= 15 is 0 Å². The Bertz CT molecular complexity index is 558. The Balaban J connectivity index is 2.28. The molecular formula is C15H17NO4. The molecule has 1 aliphatic rings. The fourth-order valence-corrected chi connectivity index (χ4v) is 1.81. The maximum atomic E-state index is 11.8. The van der Waals surface area contributed by atoms with Gasteiger partial charge in [-0.25, -0.2) is 9.79 Å². The van der Waals surface area contributed by atoms with Gasteiger partial charge in [-0.1, -0.05) is 0 Å². The van der Waals surface area contributed by atoms with Gasteiger partial charge in [0.2, 0.25) is 0 Å². The van der Waals surface area contributed by atoms with E-state index in [0.29, 0.717) is 24.7 Å². The maximum Gasteiger partial charge on any atom is 0.360 e. The Morgan fingerprint density at radius 2 is 2.05 bits per heavy atom. The molecule has 1 aliphatic heterocycles. The number of ether oxygens (including phenoxy) is 3. The van der Waals surface area contributed by atoms with Crippen molar-refractivity contribution in [2.24, 2.45) is 4.99 Å². The zero-order valence-electron chi connectivity index (χ0n) is 11.8. The van der Waals surface area contributed by atoms with Crippen LogP contribution in [0.25, 0.3) is 0 Å². The molecule has 0 fully saturated rings. The molecule has 0 bridgehead atoms. The summed E-state index contributed by atoms with van der Waals surface area (Å²) in [7, 11) is 1.61. The summed E-state index contributed by atoms with van der Waals surface area (Å²) in [6.45, 7) is 4.11. The predicted octanol–water partition coefficient (Wildman–Crippen LogP) is 2.31. The first kappa shape index (κ1) is 14.1. The summed E-state index contributed by atoms with van der Waals surface area (Å²) in [5.41, 5.74) is 1.81. The quantitative estimate of drug-likeness (QED) is 0.791. The third kappa shape index (κ3) is 2.99. The van der Waals surface area contributed by atoms with Crippen LogP contribution in [-0.4, -0.2) is 32.0 Å². The fourth-order valence-electron chi connectivity index (χ4n) is 1.81. The van der Waals surface area contributed by atoms with Crippen molar-refractivity contribution in [3.05, 3.63) is 41.3 Å². The Kier molecular flexibility index (Phi) is 4.40. The van der Waals surface area contributed by atoms with Crippen molar-refractivity contribution in [1.82, 2.24) is 0 Å². The van der Waals surface area contributed by atoms with Crippen molar-refractivity contribution >= 4 is 11.7 Å². The van der Waals surface area contributed by atoms with Gasteiger partial charge in [-0.05, 0) is 43.7 Å². The summed E-state index contributed by atoms with van der Waals surface area (Å²) in [5, 5.41) is 0. The van der Waals surface area contributed by atoms with E-state index in [0.717, 1.165) is 11.3 Å². The molecule has 0 radical (unpaired) electrons. The van der Waals surface area contributed by atoms with Gasteiger partial charge < -0.3 is 14.2 Å². The van der Waals surface area contributed by atoms with Crippen molar-refractivity contribution in [1.29, 1.82) is 0 Å². The summed E-state index contributed by atoms with van der Waals surface area (Å²) < 4.78 is 15.6. The summed E-state index contributed by atoms with van der Waals surface area (Å²) in [6, 6.07) is 7.44. The fraction of sp³-hybridized carbons (Fsp3) is 0.333. The molecule has 0 saturated carbocycles. The number of nitrogens with zero attached hydrogens (tertiary/aromatic N) is 1. The zero-order valence-corrected chi connectivity index (χ0v) is 11.8. The molecule has 0 unspecified atom stereocenters. The summed E-state index contributed by atoms with van der Waals surface area (Å²) in [4.78, 5) is 16.2. The van der Waals surface area contributed by atoms with E-state index in [9.17, 15) is 4.79 Å². The predicted molar refractivity (Wildman–Crippen MR) is 74.8 cm³/mol. The van der Waals surface area contributed by atoms with E-state index in [4.69, 9.17) is 14.2 Å². The number of benzene rings is 1. The van der Waals surface area contributed by atoms with Crippen LogP contribution in [0.15, 0.2) is 40.7 Å². The lowest BCUT2D eigenvalue weighted by Gasteiger charge is -2.17. The normalized spacial score (nSPS) is 14.4. The number of allylic oxidation sites excluding steroid dienone is 1. The van der Waals surface area contributed by atoms with Gasteiger partial charge in [0.15, 0.2) is 5.70 Å². The third-order valence-corrected chi connectivity index (χ3v) is 2.90. The SMILES string of the molecule is CCOC(=O)C1=C(C)OCC(c2ccc(OC)cc2)=N1. The second-order valence-electron chi connectivity index (χ2n) is 4.20. The molecule has 0 aromatic heterocycles. The third-order valence-electron chi connectivity index (χ3n) is 2.90. The molecular weight excluding hydrogens is 258 g/mol. The zero-order chi connectivity index (χ0) is 14.5. The number of hydrogen-bond acceptors (Lipinski definition) is 5. The van der Waals surface area contributed by atoms with E-state index in [1.54, 1.807) is 21.0 Å². The van der Waals surface area contributed by atoms with Crippen LogP contribution in [0.4, 0.5) is 0 Å². The first-order chi connectivity index (χ1) is 9.65. The molecule has 0 aliphatic carbocycles. The average Bonchev–Trinajstić information content (AvgIpc) is 2.48. The molecule has 5 heteroatoms. The number of aliphatic imine (C=N–C) groups is 1. The topological polar surface area (TPSA) is 57.1 Å². The van der Waals surface area contributed by atoms with Gasteiger partial charge in [0.05, 0.1) is 19.4 Å². The lowest BCUT2D eigenvalue weighted by Crippen LogP contribution is -2.20. The highest BCUT2D eigenvalue weighted by Gasteiger charge is 2.21. The van der Waals surface area contributed by atoms with Crippen LogP contribution in [0.2, 0.25) is 0 Å². The van der Waals surface area contributed by atoms with Crippen LogP contribution >= 0.6 is 0 Å². The highest BCUT2D eigenvalue weighted by atomic mass is 16.5. The summed E-state index contributed by atoms with van der Waals surface area (Å²) in [6.07, 6.45) is 0. The standard InChI is InChI=1S/C15H17NO4/c1-4-19-15(17)14-10(2)20-9-13(16-14)11-5-7-12(18-3)8-6-11/h5-8H,4,9H2,1-3H3. The molecule has 106 valence electrons. The molecule has 1 aromatic rings. The van der Waals surface area contributed by atoms with Crippen LogP contribution in [0, 0.1) is 0 Å². The number of methoxy groups -OCH3 is 1. The van der Waals surface area contributed by atoms with E-state index in [-0.39, 0.29) is 5.70 Å². The number of esters is 1. The van der Waals surface area contributed by atoms with E-state index in [1.165, 1.54) is 0 Å². The molecule has 0 spiro atoms. The highest BCUT2D eigenvalue weighted by Crippen LogP contribution is 2.19. The van der Waals surface area contributed by atoms with Crippen molar-refractivity contribution in [3.63, 3.8) is 0 Å². The molecule has 1 aromatic carbocycles. The second-order valence-corrected chi connectivity index (χ2v) is 4.20. The van der Waals surface area contributed by atoms with E-state index < -0.39 is 5.97 Å². The molecule has 2 rings (SSSR count). The molecule has 5 nitrogen and oxygen atoms in total. The van der Waals surface area contributed by atoms with Crippen molar-refractivity contribution in [2.45, 2.75) is 13.8 Å². The molecule has 1 heterocycles. The number of hydrogen-bond donors (Lipinski definition) is 0. The number of carbonyl (C=O) groups excluding carboxylic acids is 1. The van der Waals surface area contributed by atoms with Gasteiger partial charge in [-0.15, -0.1) is 0 Å². The van der Waals surface area contributed by atoms with Crippen molar-refractivity contribution < 1.29 is 19.0 Å². The van der Waals surface area contributed by atoms with Crippen molar-refractivity contribution in [3.8, 4) is 5.75 Å². The molecule has 0 saturated heterocycles. The van der Waals surface area contributed by atoms with Gasteiger partial charge in [-0.2, -0.15) is 0 Å². The van der Waals surface area contributed by atoms with Crippen LogP contribution < -0.4 is 4.74 Å². The lowest BCUT2D eigenvalue weighted by molar-refractivity contribution is -0.138. The smallest absolute Gasteiger partial charge is 0.360 e. The first-order valence-corrected chi connectivity index (χ1v) is 6.38. The van der Waals surface area contributed by atoms with Gasteiger partial charge >= 0.3 is 5.97 Å². The van der Waals surface area contributed by atoms with E-state index in [1.807, 2.05) is 24.3 Å². The molecule has 0 atom stereocenters. The van der Waals surface area contributed by atoms with Gasteiger partial charge in [0, 0.05) is 0 Å². The monoisotopic (exact) mass is 275 g/mol. The molecule has 0 amide bonds. The summed E-state index contributed by atoms with van der Waals surface area (Å²) in [5.74, 6) is 0.792.